The first-order valence-corrected chi connectivity index (χ1v) is 5.14. The van der Waals surface area contributed by atoms with Crippen LogP contribution in [0.4, 0.5) is 13.2 Å². The van der Waals surface area contributed by atoms with Crippen molar-refractivity contribution >= 4 is 5.91 Å². The van der Waals surface area contributed by atoms with E-state index in [1.54, 1.807) is 6.92 Å². The Morgan fingerprint density at radius 2 is 2.12 bits per heavy atom. The summed E-state index contributed by atoms with van der Waals surface area (Å²) in [7, 11) is 0. The number of aromatic nitrogens is 3. The molecular formula is C9H11F3N4O. The zero-order valence-corrected chi connectivity index (χ0v) is 9.03. The van der Waals surface area contributed by atoms with Crippen molar-refractivity contribution in [3.8, 4) is 0 Å². The first-order valence-electron chi connectivity index (χ1n) is 5.14. The van der Waals surface area contributed by atoms with E-state index < -0.39 is 29.5 Å². The number of amides is 1. The summed E-state index contributed by atoms with van der Waals surface area (Å²) in [5.41, 5.74) is 2.90. The largest absolute Gasteiger partial charge is 0.435 e. The highest BCUT2D eigenvalue weighted by Crippen LogP contribution is 2.42. The average molecular weight is 248 g/mol. The van der Waals surface area contributed by atoms with Crippen molar-refractivity contribution in [3.63, 3.8) is 0 Å². The summed E-state index contributed by atoms with van der Waals surface area (Å²) >= 11 is 0. The molecule has 0 aromatic carbocycles. The molecule has 1 aromatic rings. The Morgan fingerprint density at radius 3 is 2.53 bits per heavy atom. The summed E-state index contributed by atoms with van der Waals surface area (Å²) in [5, 5.41) is 6.64. The smallest absolute Gasteiger partial charge is 0.364 e. The fraction of sp³-hybridized carbons (Fsp3) is 0.667. The molecule has 1 unspecified atom stereocenters. The first-order chi connectivity index (χ1) is 7.82. The number of carbonyl (C=O) groups is 1. The molecule has 1 aromatic heterocycles. The van der Waals surface area contributed by atoms with E-state index in [4.69, 9.17) is 5.73 Å². The molecule has 1 aliphatic carbocycles. The zero-order chi connectivity index (χ0) is 12.8. The zero-order valence-electron chi connectivity index (χ0n) is 9.03. The van der Waals surface area contributed by atoms with Crippen LogP contribution in [0.3, 0.4) is 0 Å². The molecular weight excluding hydrogens is 237 g/mol. The summed E-state index contributed by atoms with van der Waals surface area (Å²) in [4.78, 5) is 10.9. The number of nitrogens with two attached hydrogens (primary N) is 1. The van der Waals surface area contributed by atoms with Gasteiger partial charge in [0.05, 0.1) is 6.04 Å². The maximum absolute atomic E-state index is 12.8. The minimum Gasteiger partial charge on any atom is -0.364 e. The number of rotatable bonds is 3. The molecule has 1 aliphatic rings. The van der Waals surface area contributed by atoms with E-state index in [2.05, 4.69) is 10.3 Å². The van der Waals surface area contributed by atoms with E-state index in [0.29, 0.717) is 0 Å². The van der Waals surface area contributed by atoms with Gasteiger partial charge in [-0.2, -0.15) is 13.2 Å². The highest BCUT2D eigenvalue weighted by molar-refractivity contribution is 5.91. The molecule has 0 spiro atoms. The quantitative estimate of drug-likeness (QED) is 0.877. The first kappa shape index (κ1) is 11.9. The molecule has 0 bridgehead atoms. The Kier molecular flexibility index (Phi) is 2.59. The second-order valence-corrected chi connectivity index (χ2v) is 4.17. The molecule has 1 fully saturated rings. The van der Waals surface area contributed by atoms with Gasteiger partial charge in [0.1, 0.15) is 0 Å². The van der Waals surface area contributed by atoms with Crippen molar-refractivity contribution in [2.75, 3.05) is 0 Å². The van der Waals surface area contributed by atoms with Gasteiger partial charge in [0.25, 0.3) is 5.91 Å². The van der Waals surface area contributed by atoms with Gasteiger partial charge in [-0.1, -0.05) is 5.21 Å². The Hall–Kier alpha value is -1.60. The van der Waals surface area contributed by atoms with Gasteiger partial charge in [-0.15, -0.1) is 5.10 Å². The van der Waals surface area contributed by atoms with E-state index >= 15 is 0 Å². The van der Waals surface area contributed by atoms with Crippen molar-refractivity contribution in [2.45, 2.75) is 32.0 Å². The van der Waals surface area contributed by atoms with Gasteiger partial charge in [-0.3, -0.25) is 4.79 Å². The minimum atomic E-state index is -4.68. The van der Waals surface area contributed by atoms with Gasteiger partial charge in [0.2, 0.25) is 0 Å². The van der Waals surface area contributed by atoms with Crippen LogP contribution in [-0.2, 0) is 6.18 Å². The van der Waals surface area contributed by atoms with Crippen LogP contribution in [0.1, 0.15) is 42.0 Å². The number of nitrogens with zero attached hydrogens (tertiary/aromatic N) is 3. The fourth-order valence-electron chi connectivity index (χ4n) is 1.79. The van der Waals surface area contributed by atoms with E-state index in [-0.39, 0.29) is 5.92 Å². The number of alkyl halides is 3. The van der Waals surface area contributed by atoms with Crippen LogP contribution in [-0.4, -0.2) is 20.9 Å². The van der Waals surface area contributed by atoms with Gasteiger partial charge in [-0.05, 0) is 25.7 Å². The second kappa shape index (κ2) is 3.71. The molecule has 94 valence electrons. The lowest BCUT2D eigenvalue weighted by Gasteiger charge is -2.15. The number of hydrogen-bond donors (Lipinski definition) is 1. The molecule has 0 saturated heterocycles. The number of carbonyl (C=O) groups excluding carboxylic acids is 1. The molecule has 8 heteroatoms. The highest BCUT2D eigenvalue weighted by atomic mass is 19.4. The van der Waals surface area contributed by atoms with Gasteiger partial charge in [-0.25, -0.2) is 4.68 Å². The lowest BCUT2D eigenvalue weighted by atomic mass is 10.2. The minimum absolute atomic E-state index is 0.165. The van der Waals surface area contributed by atoms with Crippen LogP contribution < -0.4 is 5.73 Å². The van der Waals surface area contributed by atoms with E-state index in [1.165, 1.54) is 0 Å². The monoisotopic (exact) mass is 248 g/mol. The van der Waals surface area contributed by atoms with Crippen molar-refractivity contribution in [2.24, 2.45) is 11.7 Å². The summed E-state index contributed by atoms with van der Waals surface area (Å²) in [5.74, 6) is -1.05. The van der Waals surface area contributed by atoms with Crippen LogP contribution >= 0.6 is 0 Å². The Balaban J connectivity index is 2.48. The number of primary amides is 1. The van der Waals surface area contributed by atoms with Gasteiger partial charge >= 0.3 is 6.18 Å². The van der Waals surface area contributed by atoms with Crippen LogP contribution in [0.25, 0.3) is 0 Å². The third kappa shape index (κ3) is 2.11. The second-order valence-electron chi connectivity index (χ2n) is 4.17. The highest BCUT2D eigenvalue weighted by Gasteiger charge is 2.44. The molecule has 1 heterocycles. The Morgan fingerprint density at radius 1 is 1.53 bits per heavy atom. The van der Waals surface area contributed by atoms with E-state index in [9.17, 15) is 18.0 Å². The fourth-order valence-corrected chi connectivity index (χ4v) is 1.79. The third-order valence-corrected chi connectivity index (χ3v) is 2.89. The van der Waals surface area contributed by atoms with Crippen molar-refractivity contribution in [1.82, 2.24) is 15.0 Å². The molecule has 2 rings (SSSR count). The molecule has 17 heavy (non-hydrogen) atoms. The Bertz CT molecular complexity index is 450. The van der Waals surface area contributed by atoms with Crippen LogP contribution in [0.5, 0.6) is 0 Å². The van der Waals surface area contributed by atoms with E-state index in [0.717, 1.165) is 17.5 Å². The van der Waals surface area contributed by atoms with Crippen LogP contribution in [0.2, 0.25) is 0 Å². The van der Waals surface area contributed by atoms with Crippen molar-refractivity contribution < 1.29 is 18.0 Å². The maximum atomic E-state index is 12.8. The third-order valence-electron chi connectivity index (χ3n) is 2.89. The SMILES string of the molecule is CC(C1CC1)n1nnc(C(N)=O)c1C(F)(F)F. The van der Waals surface area contributed by atoms with Crippen molar-refractivity contribution in [3.05, 3.63) is 11.4 Å². The van der Waals surface area contributed by atoms with Crippen LogP contribution in [0.15, 0.2) is 0 Å². The molecule has 1 saturated carbocycles. The van der Waals surface area contributed by atoms with Gasteiger partial charge in [0, 0.05) is 0 Å². The number of hydrogen-bond acceptors (Lipinski definition) is 3. The molecule has 2 N–H and O–H groups in total. The van der Waals surface area contributed by atoms with E-state index in [1.807, 2.05) is 0 Å². The molecule has 1 amide bonds. The summed E-state index contributed by atoms with van der Waals surface area (Å²) in [6.07, 6.45) is -2.95. The van der Waals surface area contributed by atoms with Crippen LogP contribution in [0, 0.1) is 5.92 Å². The lowest BCUT2D eigenvalue weighted by molar-refractivity contribution is -0.145. The Labute approximate surface area is 94.8 Å². The van der Waals surface area contributed by atoms with Gasteiger partial charge in [0.15, 0.2) is 11.4 Å². The summed E-state index contributed by atoms with van der Waals surface area (Å²) in [6, 6.07) is -0.424. The standard InChI is InChI=1S/C9H11F3N4O/c1-4(5-2-3-5)16-7(9(10,11)12)6(8(13)17)14-15-16/h4-5H,2-3H2,1H3,(H2,13,17). The van der Waals surface area contributed by atoms with Crippen molar-refractivity contribution in [1.29, 1.82) is 0 Å². The maximum Gasteiger partial charge on any atom is 0.435 e. The summed E-state index contributed by atoms with van der Waals surface area (Å²) in [6.45, 7) is 1.63. The molecule has 0 radical (unpaired) electrons. The predicted molar refractivity (Wildman–Crippen MR) is 51.0 cm³/mol. The molecule has 5 nitrogen and oxygen atoms in total. The van der Waals surface area contributed by atoms with Gasteiger partial charge < -0.3 is 5.73 Å². The summed E-state index contributed by atoms with van der Waals surface area (Å²) < 4.78 is 39.3. The normalized spacial score (nSPS) is 18.1. The predicted octanol–water partition coefficient (Wildman–Crippen LogP) is 1.37. The lowest BCUT2D eigenvalue weighted by Crippen LogP contribution is -2.23. The molecule has 1 atom stereocenters. The topological polar surface area (TPSA) is 73.8 Å². The molecule has 0 aliphatic heterocycles. The number of halogens is 3. The average Bonchev–Trinajstić information content (AvgIpc) is 2.92.